The van der Waals surface area contributed by atoms with Crippen molar-refractivity contribution in [1.29, 1.82) is 0 Å². The number of likely N-dealkylation sites (tertiary alicyclic amines) is 1. The fraction of sp³-hybridized carbons (Fsp3) is 0.448. The van der Waals surface area contributed by atoms with Crippen LogP contribution in [0.1, 0.15) is 51.0 Å². The van der Waals surface area contributed by atoms with E-state index in [-0.39, 0.29) is 6.10 Å². The maximum absolute atomic E-state index is 9.91. The van der Waals surface area contributed by atoms with Gasteiger partial charge in [0.25, 0.3) is 5.89 Å². The zero-order valence-electron chi connectivity index (χ0n) is 22.2. The molecule has 0 unspecified atom stereocenters. The second kappa shape index (κ2) is 11.8. The summed E-state index contributed by atoms with van der Waals surface area (Å²) in [4.78, 5) is 12.8. The molecule has 3 N–H and O–H groups in total. The first-order chi connectivity index (χ1) is 19.1. The van der Waals surface area contributed by atoms with Gasteiger partial charge in [-0.1, -0.05) is 36.5 Å². The number of piperidine rings is 1. The lowest BCUT2D eigenvalue weighted by molar-refractivity contribution is 0.126. The smallest absolute Gasteiger partial charge is 0.259 e. The molecule has 1 aliphatic carbocycles. The molecule has 1 saturated heterocycles. The van der Waals surface area contributed by atoms with E-state index in [1.165, 1.54) is 29.7 Å². The van der Waals surface area contributed by atoms with Crippen LogP contribution < -0.4 is 10.6 Å². The van der Waals surface area contributed by atoms with Crippen molar-refractivity contribution >= 4 is 28.1 Å². The van der Waals surface area contributed by atoms with Crippen LogP contribution in [0.3, 0.4) is 0 Å². The highest BCUT2D eigenvalue weighted by Crippen LogP contribution is 2.32. The van der Waals surface area contributed by atoms with Crippen molar-refractivity contribution in [3.05, 3.63) is 54.2 Å². The average molecular weight is 546 g/mol. The van der Waals surface area contributed by atoms with E-state index in [2.05, 4.69) is 49.8 Å². The van der Waals surface area contributed by atoms with Crippen molar-refractivity contribution in [3.63, 3.8) is 0 Å². The molecule has 10 heteroatoms. The average Bonchev–Trinajstić information content (AvgIpc) is 3.62. The second-order valence-electron chi connectivity index (χ2n) is 10.8. The van der Waals surface area contributed by atoms with Gasteiger partial charge in [-0.15, -0.1) is 10.2 Å². The number of thiazole rings is 1. The molecule has 0 amide bonds. The normalized spacial score (nSPS) is 20.7. The molecule has 2 aliphatic rings. The van der Waals surface area contributed by atoms with Gasteiger partial charge in [0, 0.05) is 18.2 Å². The maximum Gasteiger partial charge on any atom is 0.259 e. The van der Waals surface area contributed by atoms with Crippen LogP contribution in [0.5, 0.6) is 0 Å². The summed E-state index contributed by atoms with van der Waals surface area (Å²) in [5, 5.41) is 26.1. The van der Waals surface area contributed by atoms with Crippen molar-refractivity contribution in [1.82, 2.24) is 25.1 Å². The molecule has 204 valence electrons. The third-order valence-electron chi connectivity index (χ3n) is 7.61. The first-order valence-corrected chi connectivity index (χ1v) is 14.7. The van der Waals surface area contributed by atoms with Crippen molar-refractivity contribution in [2.75, 3.05) is 23.7 Å². The number of rotatable bonds is 8. The van der Waals surface area contributed by atoms with Crippen LogP contribution in [-0.4, -0.2) is 55.4 Å². The van der Waals surface area contributed by atoms with Crippen molar-refractivity contribution in [3.8, 4) is 22.2 Å². The number of benzene rings is 1. The van der Waals surface area contributed by atoms with Gasteiger partial charge in [0.2, 0.25) is 5.89 Å². The summed E-state index contributed by atoms with van der Waals surface area (Å²) in [6.45, 7) is 5.49. The second-order valence-corrected chi connectivity index (χ2v) is 11.8. The minimum atomic E-state index is -0.178. The van der Waals surface area contributed by atoms with Crippen LogP contribution in [-0.2, 0) is 6.54 Å². The third-order valence-corrected chi connectivity index (χ3v) is 8.51. The van der Waals surface area contributed by atoms with Crippen LogP contribution in [0.25, 0.3) is 22.2 Å². The maximum atomic E-state index is 9.91. The Hall–Kier alpha value is -3.34. The topological polar surface area (TPSA) is 112 Å². The fourth-order valence-corrected chi connectivity index (χ4v) is 6.03. The quantitative estimate of drug-likeness (QED) is 0.247. The minimum Gasteiger partial charge on any atom is -0.415 e. The third kappa shape index (κ3) is 6.63. The zero-order chi connectivity index (χ0) is 26.6. The lowest BCUT2D eigenvalue weighted by atomic mass is 9.93. The van der Waals surface area contributed by atoms with Gasteiger partial charge >= 0.3 is 0 Å². The Morgan fingerprint density at radius 2 is 1.72 bits per heavy atom. The highest BCUT2D eigenvalue weighted by molar-refractivity contribution is 7.18. The summed E-state index contributed by atoms with van der Waals surface area (Å²) >= 11 is 1.46. The first kappa shape index (κ1) is 25.9. The number of nitrogens with zero attached hydrogens (tertiary/aromatic N) is 5. The van der Waals surface area contributed by atoms with E-state index >= 15 is 0 Å². The number of nitrogens with one attached hydrogen (secondary N) is 2. The Morgan fingerprint density at radius 3 is 2.51 bits per heavy atom. The van der Waals surface area contributed by atoms with E-state index < -0.39 is 0 Å². The minimum absolute atomic E-state index is 0.178. The van der Waals surface area contributed by atoms with Gasteiger partial charge in [0.05, 0.1) is 12.3 Å². The van der Waals surface area contributed by atoms with Gasteiger partial charge in [-0.25, -0.2) is 9.97 Å². The number of hydrogen-bond acceptors (Lipinski definition) is 10. The van der Waals surface area contributed by atoms with Crippen LogP contribution in [0.4, 0.5) is 16.8 Å². The molecule has 1 aromatic carbocycles. The molecule has 1 saturated carbocycles. The van der Waals surface area contributed by atoms with Crippen molar-refractivity contribution in [2.24, 2.45) is 5.92 Å². The lowest BCUT2D eigenvalue weighted by Crippen LogP contribution is -2.32. The van der Waals surface area contributed by atoms with Crippen LogP contribution in [0, 0.1) is 5.92 Å². The SMILES string of the molecule is CC1CCN(Cc2cc(Nc3ncc(-c4nnc(-c5ccccc5)o4)s3)nc(NC3CCC(O)CC3)c2)CC1. The van der Waals surface area contributed by atoms with E-state index in [9.17, 15) is 5.11 Å². The summed E-state index contributed by atoms with van der Waals surface area (Å²) in [6.07, 6.45) is 7.62. The van der Waals surface area contributed by atoms with Gasteiger partial charge in [-0.05, 0) is 87.4 Å². The predicted molar refractivity (Wildman–Crippen MR) is 154 cm³/mol. The molecular formula is C29H35N7O2S. The van der Waals surface area contributed by atoms with Crippen LogP contribution >= 0.6 is 11.3 Å². The zero-order valence-corrected chi connectivity index (χ0v) is 23.0. The molecule has 4 heterocycles. The molecule has 39 heavy (non-hydrogen) atoms. The van der Waals surface area contributed by atoms with Gasteiger partial charge in [-0.3, -0.25) is 4.90 Å². The Labute approximate surface area is 232 Å². The predicted octanol–water partition coefficient (Wildman–Crippen LogP) is 5.95. The Morgan fingerprint density at radius 1 is 0.974 bits per heavy atom. The largest absolute Gasteiger partial charge is 0.415 e. The monoisotopic (exact) mass is 545 g/mol. The number of aromatic nitrogens is 4. The summed E-state index contributed by atoms with van der Waals surface area (Å²) in [5.41, 5.74) is 2.11. The van der Waals surface area contributed by atoms with E-state index in [1.54, 1.807) is 6.20 Å². The Kier molecular flexibility index (Phi) is 7.85. The molecular weight excluding hydrogens is 510 g/mol. The Bertz CT molecular complexity index is 1320. The van der Waals surface area contributed by atoms with Gasteiger partial charge in [0.1, 0.15) is 16.5 Å². The lowest BCUT2D eigenvalue weighted by Gasteiger charge is -2.30. The van der Waals surface area contributed by atoms with Crippen molar-refractivity contribution in [2.45, 2.75) is 64.1 Å². The van der Waals surface area contributed by atoms with Gasteiger partial charge < -0.3 is 20.2 Å². The van der Waals surface area contributed by atoms with E-state index in [4.69, 9.17) is 9.40 Å². The summed E-state index contributed by atoms with van der Waals surface area (Å²) in [7, 11) is 0. The molecule has 0 bridgehead atoms. The molecule has 1 aliphatic heterocycles. The number of pyridine rings is 1. The Balaban J connectivity index is 1.19. The molecule has 4 aromatic rings. The summed E-state index contributed by atoms with van der Waals surface area (Å²) < 4.78 is 5.91. The highest BCUT2D eigenvalue weighted by Gasteiger charge is 2.21. The molecule has 2 fully saturated rings. The van der Waals surface area contributed by atoms with E-state index in [0.717, 1.165) is 73.3 Å². The van der Waals surface area contributed by atoms with Crippen LogP contribution in [0.15, 0.2) is 53.1 Å². The number of hydrogen-bond donors (Lipinski definition) is 3. The van der Waals surface area contributed by atoms with Gasteiger partial charge in [-0.2, -0.15) is 0 Å². The van der Waals surface area contributed by atoms with Crippen LogP contribution in [0.2, 0.25) is 0 Å². The molecule has 9 nitrogen and oxygen atoms in total. The number of aliphatic hydroxyl groups excluding tert-OH is 1. The molecule has 0 atom stereocenters. The summed E-state index contributed by atoms with van der Waals surface area (Å²) in [6, 6.07) is 14.4. The first-order valence-electron chi connectivity index (χ1n) is 13.9. The number of aliphatic hydroxyl groups is 1. The molecule has 3 aromatic heterocycles. The fourth-order valence-electron chi connectivity index (χ4n) is 5.28. The molecule has 0 spiro atoms. The van der Waals surface area contributed by atoms with Gasteiger partial charge in [0.15, 0.2) is 5.13 Å². The van der Waals surface area contributed by atoms with Crippen molar-refractivity contribution < 1.29 is 9.52 Å². The molecule has 6 rings (SSSR count). The van der Waals surface area contributed by atoms with E-state index in [1.807, 2.05) is 30.3 Å². The highest BCUT2D eigenvalue weighted by atomic mass is 32.1. The van der Waals surface area contributed by atoms with E-state index in [0.29, 0.717) is 23.0 Å². The standard InChI is InChI=1S/C29H35N7O2S/c1-19-11-13-36(14-12-19)18-20-15-25(31-22-7-9-23(37)10-8-22)32-26(16-20)33-29-30-17-24(39-29)28-35-34-27(38-28)21-5-3-2-4-6-21/h2-6,15-17,19,22-23,37H,7-14,18H2,1H3,(H2,30,31,32,33). The molecule has 0 radical (unpaired) electrons. The summed E-state index contributed by atoms with van der Waals surface area (Å²) in [5.74, 6) is 3.36. The number of anilines is 3.